The van der Waals surface area contributed by atoms with E-state index >= 15 is 0 Å². The highest BCUT2D eigenvalue weighted by Crippen LogP contribution is 2.30. The zero-order valence-electron chi connectivity index (χ0n) is 8.05. The molecule has 2 nitrogen and oxygen atoms in total. The van der Waals surface area contributed by atoms with Crippen LogP contribution in [0.1, 0.15) is 12.0 Å². The number of halogens is 3. The predicted molar refractivity (Wildman–Crippen MR) is 50.6 cm³/mol. The second kappa shape index (κ2) is 5.02. The Balaban J connectivity index is 2.57. The van der Waals surface area contributed by atoms with Gasteiger partial charge in [-0.1, -0.05) is 0 Å². The lowest BCUT2D eigenvalue weighted by Gasteiger charge is -2.08. The maximum Gasteiger partial charge on any atom is 0.416 e. The maximum atomic E-state index is 12.2. The molecule has 0 aliphatic rings. The Morgan fingerprint density at radius 3 is 2.20 bits per heavy atom. The van der Waals surface area contributed by atoms with Gasteiger partial charge in [0.1, 0.15) is 5.75 Å². The first-order valence-electron chi connectivity index (χ1n) is 4.54. The van der Waals surface area contributed by atoms with Crippen molar-refractivity contribution in [1.29, 1.82) is 0 Å². The van der Waals surface area contributed by atoms with Gasteiger partial charge in [-0.05, 0) is 37.2 Å². The molecule has 0 atom stereocenters. The second-order valence-corrected chi connectivity index (χ2v) is 3.01. The smallest absolute Gasteiger partial charge is 0.416 e. The van der Waals surface area contributed by atoms with E-state index in [1.807, 2.05) is 0 Å². The van der Waals surface area contributed by atoms with E-state index in [1.54, 1.807) is 0 Å². The number of alkyl halides is 3. The van der Waals surface area contributed by atoms with Crippen molar-refractivity contribution in [3.8, 4) is 5.75 Å². The van der Waals surface area contributed by atoms with Crippen LogP contribution in [0.5, 0.6) is 5.75 Å². The fourth-order valence-electron chi connectivity index (χ4n) is 1.01. The van der Waals surface area contributed by atoms with Gasteiger partial charge in [0.05, 0.1) is 12.2 Å². The van der Waals surface area contributed by atoms with Crippen molar-refractivity contribution in [3.63, 3.8) is 0 Å². The molecule has 0 heterocycles. The van der Waals surface area contributed by atoms with Crippen LogP contribution in [0.4, 0.5) is 13.2 Å². The summed E-state index contributed by atoms with van der Waals surface area (Å²) in [7, 11) is 0. The van der Waals surface area contributed by atoms with Gasteiger partial charge in [-0.25, -0.2) is 0 Å². The monoisotopic (exact) mass is 219 g/mol. The molecule has 0 radical (unpaired) electrons. The average molecular weight is 219 g/mol. The molecule has 0 aromatic heterocycles. The summed E-state index contributed by atoms with van der Waals surface area (Å²) in [6.45, 7) is 0.919. The van der Waals surface area contributed by atoms with Crippen LogP contribution in [0.3, 0.4) is 0 Å². The maximum absolute atomic E-state index is 12.2. The molecular weight excluding hydrogens is 207 g/mol. The molecule has 0 fully saturated rings. The van der Waals surface area contributed by atoms with Gasteiger partial charge in [0.15, 0.2) is 0 Å². The molecule has 1 aromatic rings. The largest absolute Gasteiger partial charge is 0.494 e. The highest BCUT2D eigenvalue weighted by atomic mass is 19.4. The molecule has 0 saturated heterocycles. The van der Waals surface area contributed by atoms with Crippen molar-refractivity contribution >= 4 is 0 Å². The van der Waals surface area contributed by atoms with Crippen LogP contribution in [-0.2, 0) is 6.18 Å². The van der Waals surface area contributed by atoms with Gasteiger partial charge in [0.2, 0.25) is 0 Å². The number of hydrogen-bond donors (Lipinski definition) is 1. The highest BCUT2D eigenvalue weighted by Gasteiger charge is 2.29. The third-order valence-electron chi connectivity index (χ3n) is 1.80. The summed E-state index contributed by atoms with van der Waals surface area (Å²) >= 11 is 0. The van der Waals surface area contributed by atoms with Gasteiger partial charge in [0.25, 0.3) is 0 Å². The second-order valence-electron chi connectivity index (χ2n) is 3.01. The molecule has 1 rings (SSSR count). The van der Waals surface area contributed by atoms with Crippen molar-refractivity contribution in [2.24, 2.45) is 5.73 Å². The van der Waals surface area contributed by atoms with E-state index in [4.69, 9.17) is 10.5 Å². The summed E-state index contributed by atoms with van der Waals surface area (Å²) in [4.78, 5) is 0. The van der Waals surface area contributed by atoms with Gasteiger partial charge >= 0.3 is 6.18 Å². The molecule has 84 valence electrons. The molecule has 0 bridgehead atoms. The first kappa shape index (κ1) is 11.8. The van der Waals surface area contributed by atoms with Gasteiger partial charge in [-0.3, -0.25) is 0 Å². The Morgan fingerprint density at radius 2 is 1.73 bits per heavy atom. The van der Waals surface area contributed by atoms with E-state index in [0.29, 0.717) is 25.3 Å². The Hall–Kier alpha value is -1.23. The molecule has 0 aliphatic carbocycles. The van der Waals surface area contributed by atoms with Crippen LogP contribution < -0.4 is 10.5 Å². The Kier molecular flexibility index (Phi) is 3.96. The summed E-state index contributed by atoms with van der Waals surface area (Å²) in [6, 6.07) is 4.61. The molecule has 0 unspecified atom stereocenters. The molecule has 0 saturated carbocycles. The molecule has 0 aliphatic heterocycles. The first-order valence-corrected chi connectivity index (χ1v) is 4.54. The van der Waals surface area contributed by atoms with E-state index in [1.165, 1.54) is 12.1 Å². The van der Waals surface area contributed by atoms with Crippen LogP contribution >= 0.6 is 0 Å². The fraction of sp³-hybridized carbons (Fsp3) is 0.400. The minimum absolute atomic E-state index is 0.419. The van der Waals surface area contributed by atoms with Gasteiger partial charge in [-0.2, -0.15) is 13.2 Å². The van der Waals surface area contributed by atoms with Crippen molar-refractivity contribution < 1.29 is 17.9 Å². The highest BCUT2D eigenvalue weighted by molar-refractivity contribution is 5.28. The summed E-state index contributed by atoms with van der Waals surface area (Å²) in [6.07, 6.45) is -3.61. The first-order chi connectivity index (χ1) is 7.04. The molecule has 2 N–H and O–H groups in total. The van der Waals surface area contributed by atoms with Crippen LogP contribution in [0.2, 0.25) is 0 Å². The van der Waals surface area contributed by atoms with Crippen LogP contribution in [-0.4, -0.2) is 13.2 Å². The van der Waals surface area contributed by atoms with Crippen LogP contribution in [0.15, 0.2) is 24.3 Å². The SMILES string of the molecule is NCCCOc1ccc(C(F)(F)F)cc1. The Bertz CT molecular complexity index is 295. The molecule has 0 spiro atoms. The quantitative estimate of drug-likeness (QED) is 0.789. The summed E-state index contributed by atoms with van der Waals surface area (Å²) in [5.41, 5.74) is 4.57. The third kappa shape index (κ3) is 3.79. The molecule has 5 heteroatoms. The zero-order chi connectivity index (χ0) is 11.3. The fourth-order valence-corrected chi connectivity index (χ4v) is 1.01. The van der Waals surface area contributed by atoms with Crippen LogP contribution in [0, 0.1) is 0 Å². The van der Waals surface area contributed by atoms with Crippen molar-refractivity contribution in [2.75, 3.05) is 13.2 Å². The third-order valence-corrected chi connectivity index (χ3v) is 1.80. The molecule has 0 amide bonds. The van der Waals surface area contributed by atoms with Gasteiger partial charge in [-0.15, -0.1) is 0 Å². The Labute approximate surface area is 85.8 Å². The Morgan fingerprint density at radius 1 is 1.13 bits per heavy atom. The van der Waals surface area contributed by atoms with E-state index in [9.17, 15) is 13.2 Å². The average Bonchev–Trinajstić information content (AvgIpc) is 2.18. The number of nitrogens with two attached hydrogens (primary N) is 1. The minimum Gasteiger partial charge on any atom is -0.494 e. The van der Waals surface area contributed by atoms with Crippen molar-refractivity contribution in [3.05, 3.63) is 29.8 Å². The van der Waals surface area contributed by atoms with Gasteiger partial charge in [0, 0.05) is 0 Å². The van der Waals surface area contributed by atoms with E-state index in [2.05, 4.69) is 0 Å². The molecular formula is C10H12F3NO. The lowest BCUT2D eigenvalue weighted by atomic mass is 10.2. The molecule has 1 aromatic carbocycles. The topological polar surface area (TPSA) is 35.2 Å². The number of benzene rings is 1. The summed E-state index contributed by atoms with van der Waals surface area (Å²) in [5.74, 6) is 0.427. The van der Waals surface area contributed by atoms with E-state index in [0.717, 1.165) is 12.1 Å². The van der Waals surface area contributed by atoms with Crippen molar-refractivity contribution in [1.82, 2.24) is 0 Å². The lowest BCUT2D eigenvalue weighted by molar-refractivity contribution is -0.137. The van der Waals surface area contributed by atoms with Gasteiger partial charge < -0.3 is 10.5 Å². The number of ether oxygens (including phenoxy) is 1. The normalized spacial score (nSPS) is 11.5. The van der Waals surface area contributed by atoms with E-state index in [-0.39, 0.29) is 0 Å². The minimum atomic E-state index is -4.30. The van der Waals surface area contributed by atoms with E-state index < -0.39 is 11.7 Å². The number of hydrogen-bond acceptors (Lipinski definition) is 2. The lowest BCUT2D eigenvalue weighted by Crippen LogP contribution is -2.07. The number of rotatable bonds is 4. The zero-order valence-corrected chi connectivity index (χ0v) is 8.05. The standard InChI is InChI=1S/C10H12F3NO/c11-10(12,13)8-2-4-9(5-3-8)15-7-1-6-14/h2-5H,1,6-7,14H2. The summed E-state index contributed by atoms with van der Waals surface area (Å²) < 4.78 is 41.7. The molecule has 15 heavy (non-hydrogen) atoms. The predicted octanol–water partition coefficient (Wildman–Crippen LogP) is 2.43. The van der Waals surface area contributed by atoms with Crippen molar-refractivity contribution in [2.45, 2.75) is 12.6 Å². The van der Waals surface area contributed by atoms with Crippen LogP contribution in [0.25, 0.3) is 0 Å². The summed E-state index contributed by atoms with van der Waals surface area (Å²) in [5, 5.41) is 0.